The number of allylic oxidation sites excluding steroid dienone is 4. The van der Waals surface area contributed by atoms with Gasteiger partial charge in [-0.3, -0.25) is 0 Å². The molecule has 3 aromatic rings. The average molecular weight is 760 g/mol. The Morgan fingerprint density at radius 1 is 1.05 bits per heavy atom. The molecule has 2 aliphatic heterocycles. The molecule has 0 amide bonds. The summed E-state index contributed by atoms with van der Waals surface area (Å²) in [6.45, 7) is 2.31. The van der Waals surface area contributed by atoms with Gasteiger partial charge in [0.1, 0.15) is 0 Å². The molecule has 0 fully saturated rings. The first-order valence-electron chi connectivity index (χ1n) is 11.9. The number of hydrogen-bond donors (Lipinski definition) is 0. The molecule has 0 N–H and O–H groups in total. The number of halogens is 1. The van der Waals surface area contributed by atoms with Gasteiger partial charge in [0.15, 0.2) is 0 Å². The van der Waals surface area contributed by atoms with Crippen LogP contribution in [0.3, 0.4) is 0 Å². The normalized spacial score (nSPS) is 17.4. The Morgan fingerprint density at radius 3 is 2.55 bits per heavy atom. The van der Waals surface area contributed by atoms with Crippen LogP contribution in [-0.2, 0) is 17.8 Å². The van der Waals surface area contributed by atoms with Crippen LogP contribution in [0.15, 0.2) is 97.1 Å². The second-order valence-corrected chi connectivity index (χ2v) is 17.7. The number of ether oxygens (including phenoxy) is 2. The summed E-state index contributed by atoms with van der Waals surface area (Å²) in [4.78, 5) is 0. The Bertz CT molecular complexity index is 1590. The summed E-state index contributed by atoms with van der Waals surface area (Å²) in [5, 5.41) is 0. The third-order valence-corrected chi connectivity index (χ3v) is 16.2. The van der Waals surface area contributed by atoms with Crippen molar-refractivity contribution in [2.75, 3.05) is 13.7 Å². The average Bonchev–Trinajstić information content (AvgIpc) is 2.92. The quantitative estimate of drug-likeness (QED) is 0.257. The molecule has 5 nitrogen and oxygen atoms in total. The van der Waals surface area contributed by atoms with E-state index in [2.05, 4.69) is 42.5 Å². The van der Waals surface area contributed by atoms with Gasteiger partial charge in [0, 0.05) is 0 Å². The molecule has 9 heteroatoms. The van der Waals surface area contributed by atoms with Crippen LogP contribution in [0.4, 0.5) is 3.89 Å². The summed E-state index contributed by atoms with van der Waals surface area (Å²) in [6, 6.07) is 24.1. The van der Waals surface area contributed by atoms with Crippen molar-refractivity contribution < 1.29 is 24.3 Å². The third kappa shape index (κ3) is 6.15. The Balaban J connectivity index is 1.64. The molecular weight excluding hydrogens is 735 g/mol. The van der Waals surface area contributed by atoms with Crippen molar-refractivity contribution in [2.45, 2.75) is 12.8 Å². The van der Waals surface area contributed by atoms with E-state index in [1.807, 2.05) is 37.3 Å². The van der Waals surface area contributed by atoms with Gasteiger partial charge in [-0.15, -0.1) is 0 Å². The number of rotatable bonds is 8. The van der Waals surface area contributed by atoms with E-state index in [1.165, 1.54) is 25.5 Å². The summed E-state index contributed by atoms with van der Waals surface area (Å²) >= 11 is -3.95. The fourth-order valence-electron chi connectivity index (χ4n) is 4.29. The molecule has 0 radical (unpaired) electrons. The molecule has 0 saturated heterocycles. The van der Waals surface area contributed by atoms with E-state index < -0.39 is 50.9 Å². The molecule has 0 spiro atoms. The Labute approximate surface area is 239 Å². The molecule has 0 aliphatic carbocycles. The molecule has 3 aromatic carbocycles. The molecule has 0 bridgehead atoms. The van der Waals surface area contributed by atoms with Gasteiger partial charge in [-0.1, -0.05) is 0 Å². The number of fused-ring (bicyclic) bond motifs is 2. The molecule has 196 valence electrons. The van der Waals surface area contributed by atoms with Crippen LogP contribution < -0.4 is 12.0 Å². The van der Waals surface area contributed by atoms with Crippen LogP contribution in [0.2, 0.25) is 0 Å². The summed E-state index contributed by atoms with van der Waals surface area (Å²) in [7, 11) is -3.65. The van der Waals surface area contributed by atoms with E-state index in [0.29, 0.717) is 30.8 Å². The molecule has 5 rings (SSSR count). The fraction of sp³-hybridized carbons (Fsp3) is 0.138. The second-order valence-electron chi connectivity index (χ2n) is 8.36. The van der Waals surface area contributed by atoms with Crippen molar-refractivity contribution in [1.29, 1.82) is 0 Å². The monoisotopic (exact) mass is 764 g/mol. The fourth-order valence-corrected chi connectivity index (χ4v) is 14.2. The van der Waals surface area contributed by atoms with Crippen LogP contribution in [0.5, 0.6) is 5.75 Å². The second kappa shape index (κ2) is 11.9. The van der Waals surface area contributed by atoms with Gasteiger partial charge in [-0.05, 0) is 0 Å². The SMILES string of the molecule is CCOC1=CC(/C=C/C2C=C(c3ccccc3)[Te]c3ccccc32)=[Te](OS(=O)(=O)F)c2cc(OC)ccc21. The number of hydrogen-bond acceptors (Lipinski definition) is 5. The zero-order valence-electron chi connectivity index (χ0n) is 20.7. The Kier molecular flexibility index (Phi) is 8.55. The van der Waals surface area contributed by atoms with Crippen molar-refractivity contribution in [3.63, 3.8) is 0 Å². The topological polar surface area (TPSA) is 61.8 Å². The van der Waals surface area contributed by atoms with Gasteiger partial charge in [0.2, 0.25) is 0 Å². The van der Waals surface area contributed by atoms with Crippen molar-refractivity contribution in [3.8, 4) is 5.75 Å². The van der Waals surface area contributed by atoms with Crippen LogP contribution in [-0.4, -0.2) is 66.1 Å². The minimum absolute atomic E-state index is 0.0228. The van der Waals surface area contributed by atoms with Gasteiger partial charge in [-0.25, -0.2) is 0 Å². The molecule has 2 heterocycles. The van der Waals surface area contributed by atoms with E-state index in [1.54, 1.807) is 24.3 Å². The summed E-state index contributed by atoms with van der Waals surface area (Å²) < 4.78 is 57.8. The van der Waals surface area contributed by atoms with Gasteiger partial charge >= 0.3 is 241 Å². The first-order chi connectivity index (χ1) is 18.4. The molecule has 2 aliphatic rings. The van der Waals surface area contributed by atoms with E-state index >= 15 is 0 Å². The standard InChI is InChI=1S/C29H25FO5STe2/c1-3-34-26-19-23(38(35-36(30,31)32)29-18-22(33-2)14-16-25(26)29)15-13-21-17-28(20-9-5-4-6-10-20)37-27-12-8-7-11-24(21)27/h4-19,21H,3H2,1-2H3/b15-13+. The van der Waals surface area contributed by atoms with Crippen LogP contribution >= 0.6 is 0 Å². The summed E-state index contributed by atoms with van der Waals surface area (Å²) in [5.41, 5.74) is 3.15. The van der Waals surface area contributed by atoms with Crippen LogP contribution in [0, 0.1) is 0 Å². The minimum atomic E-state index is -5.18. The molecule has 1 unspecified atom stereocenters. The summed E-state index contributed by atoms with van der Waals surface area (Å²) in [5.74, 6) is 1.11. The van der Waals surface area contributed by atoms with Crippen molar-refractivity contribution in [3.05, 3.63) is 114 Å². The van der Waals surface area contributed by atoms with Gasteiger partial charge in [0.05, 0.1) is 0 Å². The van der Waals surface area contributed by atoms with Gasteiger partial charge < -0.3 is 0 Å². The maximum absolute atomic E-state index is 14.0. The molecular formula is C29H25FO5STe2. The molecule has 0 saturated carbocycles. The van der Waals surface area contributed by atoms with Crippen molar-refractivity contribution in [2.24, 2.45) is 0 Å². The van der Waals surface area contributed by atoms with Gasteiger partial charge in [-0.2, -0.15) is 0 Å². The molecule has 0 aromatic heterocycles. The van der Waals surface area contributed by atoms with Gasteiger partial charge in [0.25, 0.3) is 0 Å². The molecule has 38 heavy (non-hydrogen) atoms. The summed E-state index contributed by atoms with van der Waals surface area (Å²) in [6.07, 6.45) is 8.02. The third-order valence-electron chi connectivity index (χ3n) is 5.95. The van der Waals surface area contributed by atoms with E-state index in [-0.39, 0.29) is 5.92 Å². The van der Waals surface area contributed by atoms with E-state index in [9.17, 15) is 12.3 Å². The predicted octanol–water partition coefficient (Wildman–Crippen LogP) is 3.99. The maximum atomic E-state index is 14.0. The van der Waals surface area contributed by atoms with E-state index in [0.717, 1.165) is 0 Å². The number of benzene rings is 3. The molecule has 1 atom stereocenters. The number of methoxy groups -OCH3 is 1. The van der Waals surface area contributed by atoms with Crippen molar-refractivity contribution >= 4 is 71.1 Å². The predicted molar refractivity (Wildman–Crippen MR) is 152 cm³/mol. The zero-order chi connectivity index (χ0) is 26.7. The first kappa shape index (κ1) is 27.3. The van der Waals surface area contributed by atoms with E-state index in [4.69, 9.17) is 12.0 Å². The Morgan fingerprint density at radius 2 is 1.82 bits per heavy atom. The van der Waals surface area contributed by atoms with Crippen molar-refractivity contribution in [1.82, 2.24) is 0 Å². The Hall–Kier alpha value is -2.23. The van der Waals surface area contributed by atoms with Crippen LogP contribution in [0.1, 0.15) is 29.5 Å². The zero-order valence-corrected chi connectivity index (χ0v) is 26.1. The van der Waals surface area contributed by atoms with Crippen LogP contribution in [0.25, 0.3) is 9.38 Å². The first-order valence-corrected chi connectivity index (χ1v) is 18.8.